The first kappa shape index (κ1) is 14.2. The molecule has 20 heavy (non-hydrogen) atoms. The van der Waals surface area contributed by atoms with Gasteiger partial charge in [0.1, 0.15) is 12.3 Å². The maximum atomic E-state index is 11.6. The molecule has 0 aliphatic heterocycles. The molecule has 0 bridgehead atoms. The van der Waals surface area contributed by atoms with Crippen LogP contribution >= 0.6 is 11.3 Å². The molecule has 6 heteroatoms. The fourth-order valence-electron chi connectivity index (χ4n) is 1.62. The van der Waals surface area contributed by atoms with Crippen molar-refractivity contribution in [3.05, 3.63) is 46.5 Å². The van der Waals surface area contributed by atoms with Gasteiger partial charge in [0.2, 0.25) is 0 Å². The highest BCUT2D eigenvalue weighted by atomic mass is 32.1. The Bertz CT molecular complexity index is 623. The number of hydrogen-bond donors (Lipinski definition) is 1. The number of anilines is 1. The van der Waals surface area contributed by atoms with Crippen molar-refractivity contribution in [2.45, 2.75) is 20.5 Å². The normalized spacial score (nSPS) is 10.1. The summed E-state index contributed by atoms with van der Waals surface area (Å²) in [6.07, 6.45) is -0.585. The number of aryl methyl sites for hydroxylation is 1. The van der Waals surface area contributed by atoms with E-state index in [1.54, 1.807) is 6.92 Å². The van der Waals surface area contributed by atoms with E-state index >= 15 is 0 Å². The summed E-state index contributed by atoms with van der Waals surface area (Å²) >= 11 is 1.25. The van der Waals surface area contributed by atoms with Crippen molar-refractivity contribution in [3.63, 3.8) is 0 Å². The lowest BCUT2D eigenvalue weighted by Gasteiger charge is -2.04. The zero-order chi connectivity index (χ0) is 14.5. The van der Waals surface area contributed by atoms with Crippen molar-refractivity contribution in [2.24, 2.45) is 0 Å². The Morgan fingerprint density at radius 3 is 2.60 bits per heavy atom. The molecule has 1 aromatic heterocycles. The fourth-order valence-corrected chi connectivity index (χ4v) is 2.47. The van der Waals surface area contributed by atoms with E-state index in [9.17, 15) is 9.59 Å². The summed E-state index contributed by atoms with van der Waals surface area (Å²) in [4.78, 5) is 27.7. The van der Waals surface area contributed by atoms with E-state index in [1.807, 2.05) is 30.3 Å². The van der Waals surface area contributed by atoms with Crippen LogP contribution in [0.25, 0.3) is 0 Å². The van der Waals surface area contributed by atoms with E-state index in [4.69, 9.17) is 4.74 Å². The molecule has 1 heterocycles. The topological polar surface area (TPSA) is 68.3 Å². The molecule has 0 fully saturated rings. The predicted octanol–water partition coefficient (Wildman–Crippen LogP) is 3.40. The molecule has 0 atom stereocenters. The molecular formula is C14H14N2O3S. The standard InChI is InChI=1S/C14H14N2O3S/c1-9(17)12-10(2)20-13(15-12)16-14(18)19-8-11-6-4-3-5-7-11/h3-7H,8H2,1-2H3,(H,15,16,18). The maximum absolute atomic E-state index is 11.6. The smallest absolute Gasteiger partial charge is 0.413 e. The minimum absolute atomic E-state index is 0.121. The third kappa shape index (κ3) is 3.64. The molecule has 0 saturated carbocycles. The summed E-state index contributed by atoms with van der Waals surface area (Å²) in [7, 11) is 0. The number of amides is 1. The lowest BCUT2D eigenvalue weighted by molar-refractivity contribution is 0.101. The van der Waals surface area contributed by atoms with E-state index < -0.39 is 6.09 Å². The summed E-state index contributed by atoms with van der Waals surface area (Å²) in [6.45, 7) is 3.42. The second-order valence-corrected chi connectivity index (χ2v) is 5.37. The number of nitrogens with one attached hydrogen (secondary N) is 1. The second kappa shape index (κ2) is 6.29. The highest BCUT2D eigenvalue weighted by Crippen LogP contribution is 2.22. The van der Waals surface area contributed by atoms with Gasteiger partial charge in [0, 0.05) is 11.8 Å². The van der Waals surface area contributed by atoms with Gasteiger partial charge in [-0.3, -0.25) is 10.1 Å². The van der Waals surface area contributed by atoms with E-state index in [2.05, 4.69) is 10.3 Å². The number of carbonyl (C=O) groups excluding carboxylic acids is 2. The number of ketones is 1. The van der Waals surface area contributed by atoms with Gasteiger partial charge in [-0.05, 0) is 12.5 Å². The molecule has 0 spiro atoms. The lowest BCUT2D eigenvalue weighted by Crippen LogP contribution is -2.13. The molecular weight excluding hydrogens is 276 g/mol. The summed E-state index contributed by atoms with van der Waals surface area (Å²) in [6, 6.07) is 9.38. The molecule has 0 aliphatic rings. The van der Waals surface area contributed by atoms with Crippen LogP contribution in [0.1, 0.15) is 27.9 Å². The predicted molar refractivity (Wildman–Crippen MR) is 77.1 cm³/mol. The zero-order valence-electron chi connectivity index (χ0n) is 11.2. The molecule has 0 radical (unpaired) electrons. The quantitative estimate of drug-likeness (QED) is 0.876. The fraction of sp³-hybridized carbons (Fsp3) is 0.214. The van der Waals surface area contributed by atoms with Gasteiger partial charge in [0.05, 0.1) is 0 Å². The molecule has 2 aromatic rings. The highest BCUT2D eigenvalue weighted by molar-refractivity contribution is 7.16. The zero-order valence-corrected chi connectivity index (χ0v) is 12.0. The van der Waals surface area contributed by atoms with Crippen LogP contribution in [0.2, 0.25) is 0 Å². The third-order valence-electron chi connectivity index (χ3n) is 2.55. The van der Waals surface area contributed by atoms with Gasteiger partial charge < -0.3 is 4.74 Å². The molecule has 1 amide bonds. The van der Waals surface area contributed by atoms with Crippen molar-refractivity contribution in [2.75, 3.05) is 5.32 Å². The molecule has 1 aromatic carbocycles. The molecule has 0 saturated heterocycles. The van der Waals surface area contributed by atoms with Crippen molar-refractivity contribution in [3.8, 4) is 0 Å². The second-order valence-electron chi connectivity index (χ2n) is 4.17. The first-order valence-corrected chi connectivity index (χ1v) is 6.84. The van der Waals surface area contributed by atoms with E-state index in [1.165, 1.54) is 18.3 Å². The Hall–Kier alpha value is -2.21. The van der Waals surface area contributed by atoms with Crippen LogP contribution in [0.3, 0.4) is 0 Å². The summed E-state index contributed by atoms with van der Waals surface area (Å²) in [5.74, 6) is -0.121. The lowest BCUT2D eigenvalue weighted by atomic mass is 10.2. The van der Waals surface area contributed by atoms with Crippen molar-refractivity contribution >= 4 is 28.3 Å². The number of Topliss-reactive ketones (excluding diaryl/α,β-unsaturated/α-hetero) is 1. The Balaban J connectivity index is 1.92. The minimum Gasteiger partial charge on any atom is -0.444 e. The van der Waals surface area contributed by atoms with Crippen LogP contribution in [0.15, 0.2) is 30.3 Å². The van der Waals surface area contributed by atoms with Crippen LogP contribution in [0, 0.1) is 6.92 Å². The number of ether oxygens (including phenoxy) is 1. The Morgan fingerprint density at radius 1 is 1.30 bits per heavy atom. The maximum Gasteiger partial charge on any atom is 0.413 e. The number of rotatable bonds is 4. The van der Waals surface area contributed by atoms with Gasteiger partial charge in [0.25, 0.3) is 0 Å². The minimum atomic E-state index is -0.585. The van der Waals surface area contributed by atoms with Crippen molar-refractivity contribution in [1.29, 1.82) is 0 Å². The van der Waals surface area contributed by atoms with E-state index in [0.717, 1.165) is 10.4 Å². The Morgan fingerprint density at radius 2 is 2.00 bits per heavy atom. The Kier molecular flexibility index (Phi) is 4.47. The first-order chi connectivity index (χ1) is 9.56. The summed E-state index contributed by atoms with van der Waals surface area (Å²) < 4.78 is 5.07. The van der Waals surface area contributed by atoms with Gasteiger partial charge in [-0.2, -0.15) is 0 Å². The largest absolute Gasteiger partial charge is 0.444 e. The molecule has 2 rings (SSSR count). The van der Waals surface area contributed by atoms with Gasteiger partial charge in [-0.25, -0.2) is 9.78 Å². The summed E-state index contributed by atoms with van der Waals surface area (Å²) in [5.41, 5.74) is 1.29. The number of carbonyl (C=O) groups is 2. The van der Waals surface area contributed by atoms with E-state index in [-0.39, 0.29) is 12.4 Å². The SMILES string of the molecule is CC(=O)c1nc(NC(=O)OCc2ccccc2)sc1C. The van der Waals surface area contributed by atoms with Gasteiger partial charge in [0.15, 0.2) is 10.9 Å². The van der Waals surface area contributed by atoms with Gasteiger partial charge in [-0.15, -0.1) is 11.3 Å². The number of aromatic nitrogens is 1. The van der Waals surface area contributed by atoms with Crippen LogP contribution < -0.4 is 5.32 Å². The molecule has 104 valence electrons. The monoisotopic (exact) mass is 290 g/mol. The van der Waals surface area contributed by atoms with Crippen molar-refractivity contribution < 1.29 is 14.3 Å². The molecule has 0 aliphatic carbocycles. The molecule has 5 nitrogen and oxygen atoms in total. The van der Waals surface area contributed by atoms with Crippen LogP contribution in [0.4, 0.5) is 9.93 Å². The summed E-state index contributed by atoms with van der Waals surface area (Å²) in [5, 5.41) is 2.89. The van der Waals surface area contributed by atoms with Gasteiger partial charge >= 0.3 is 6.09 Å². The molecule has 1 N–H and O–H groups in total. The average molecular weight is 290 g/mol. The number of thiazole rings is 1. The number of hydrogen-bond acceptors (Lipinski definition) is 5. The number of nitrogens with zero attached hydrogens (tertiary/aromatic N) is 1. The van der Waals surface area contributed by atoms with Crippen LogP contribution in [0.5, 0.6) is 0 Å². The average Bonchev–Trinajstić information content (AvgIpc) is 2.78. The van der Waals surface area contributed by atoms with Gasteiger partial charge in [-0.1, -0.05) is 30.3 Å². The third-order valence-corrected chi connectivity index (χ3v) is 3.44. The van der Waals surface area contributed by atoms with Crippen LogP contribution in [-0.2, 0) is 11.3 Å². The first-order valence-electron chi connectivity index (χ1n) is 6.02. The highest BCUT2D eigenvalue weighted by Gasteiger charge is 2.13. The Labute approximate surface area is 120 Å². The van der Waals surface area contributed by atoms with E-state index in [0.29, 0.717) is 10.8 Å². The molecule has 0 unspecified atom stereocenters. The van der Waals surface area contributed by atoms with Crippen LogP contribution in [-0.4, -0.2) is 16.9 Å². The number of benzene rings is 1. The van der Waals surface area contributed by atoms with Crippen molar-refractivity contribution in [1.82, 2.24) is 4.98 Å².